The summed E-state index contributed by atoms with van der Waals surface area (Å²) in [6, 6.07) is 12.9. The van der Waals surface area contributed by atoms with Gasteiger partial charge in [-0.1, -0.05) is 23.7 Å². The fourth-order valence-electron chi connectivity index (χ4n) is 1.94. The molecule has 1 amide bonds. The maximum atomic E-state index is 12.9. The third-order valence-corrected chi connectivity index (χ3v) is 4.16. The van der Waals surface area contributed by atoms with E-state index in [-0.39, 0.29) is 18.3 Å². The summed E-state index contributed by atoms with van der Waals surface area (Å²) in [6.07, 6.45) is 0. The Balaban J connectivity index is 1.59. The number of carbonyl (C=O) groups excluding carboxylic acids is 1. The van der Waals surface area contributed by atoms with Gasteiger partial charge in [0.05, 0.1) is 10.7 Å². The molecule has 0 aliphatic carbocycles. The Bertz CT molecular complexity index is 852. The van der Waals surface area contributed by atoms with Crippen molar-refractivity contribution in [1.29, 1.82) is 0 Å². The van der Waals surface area contributed by atoms with Crippen molar-refractivity contribution in [1.82, 2.24) is 4.98 Å². The van der Waals surface area contributed by atoms with Gasteiger partial charge in [-0.25, -0.2) is 9.37 Å². The van der Waals surface area contributed by atoms with Gasteiger partial charge in [-0.3, -0.25) is 10.1 Å². The molecule has 4 nitrogen and oxygen atoms in total. The predicted octanol–water partition coefficient (Wildman–Crippen LogP) is 4.62. The molecular weight excluding hydrogens is 351 g/mol. The number of rotatable bonds is 5. The molecule has 1 aromatic heterocycles. The van der Waals surface area contributed by atoms with Crippen molar-refractivity contribution in [2.45, 2.75) is 0 Å². The summed E-state index contributed by atoms with van der Waals surface area (Å²) < 4.78 is 18.3. The molecule has 0 aliphatic rings. The summed E-state index contributed by atoms with van der Waals surface area (Å²) in [7, 11) is 0. The first-order valence-electron chi connectivity index (χ1n) is 7.00. The second-order valence-corrected chi connectivity index (χ2v) is 6.08. The fraction of sp³-hybridized carbons (Fsp3) is 0.0588. The van der Waals surface area contributed by atoms with Crippen LogP contribution < -0.4 is 10.1 Å². The van der Waals surface area contributed by atoms with E-state index in [2.05, 4.69) is 10.3 Å². The molecule has 0 atom stereocenters. The van der Waals surface area contributed by atoms with E-state index in [0.717, 1.165) is 5.56 Å². The van der Waals surface area contributed by atoms with Gasteiger partial charge in [0.2, 0.25) is 0 Å². The van der Waals surface area contributed by atoms with Crippen molar-refractivity contribution in [3.05, 3.63) is 64.8 Å². The van der Waals surface area contributed by atoms with E-state index in [1.165, 1.54) is 23.5 Å². The summed E-state index contributed by atoms with van der Waals surface area (Å²) in [6.45, 7) is -0.171. The molecule has 0 saturated heterocycles. The van der Waals surface area contributed by atoms with Gasteiger partial charge in [0, 0.05) is 10.9 Å². The summed E-state index contributed by atoms with van der Waals surface area (Å²) in [5.74, 6) is -0.199. The third kappa shape index (κ3) is 4.10. The molecule has 3 aromatic rings. The molecule has 0 aliphatic heterocycles. The Morgan fingerprint density at radius 3 is 2.71 bits per heavy atom. The van der Waals surface area contributed by atoms with Crippen LogP contribution in [0.5, 0.6) is 5.75 Å². The first-order chi connectivity index (χ1) is 11.6. The zero-order valence-corrected chi connectivity index (χ0v) is 13.9. The highest BCUT2D eigenvalue weighted by molar-refractivity contribution is 7.14. The van der Waals surface area contributed by atoms with Crippen LogP contribution in [0.3, 0.4) is 0 Å². The van der Waals surface area contributed by atoms with E-state index < -0.39 is 0 Å². The Labute approximate surface area is 146 Å². The van der Waals surface area contributed by atoms with Crippen molar-refractivity contribution in [3.8, 4) is 17.0 Å². The average molecular weight is 363 g/mol. The van der Waals surface area contributed by atoms with Crippen LogP contribution in [0.2, 0.25) is 5.02 Å². The molecule has 0 unspecified atom stereocenters. The van der Waals surface area contributed by atoms with E-state index in [1.54, 1.807) is 41.8 Å². The maximum absolute atomic E-state index is 12.9. The molecule has 0 fully saturated rings. The van der Waals surface area contributed by atoms with Crippen LogP contribution in [0.25, 0.3) is 11.3 Å². The number of anilines is 1. The van der Waals surface area contributed by atoms with Gasteiger partial charge in [0.25, 0.3) is 5.91 Å². The lowest BCUT2D eigenvalue weighted by Gasteiger charge is -2.07. The SMILES string of the molecule is O=C(COc1ccccc1Cl)Nc1nc(-c2ccc(F)cc2)cs1. The van der Waals surface area contributed by atoms with Crippen molar-refractivity contribution in [2.24, 2.45) is 0 Å². The molecule has 0 saturated carbocycles. The number of aromatic nitrogens is 1. The number of halogens is 2. The van der Waals surface area contributed by atoms with Crippen LogP contribution in [0.4, 0.5) is 9.52 Å². The number of nitrogens with zero attached hydrogens (tertiary/aromatic N) is 1. The van der Waals surface area contributed by atoms with Crippen LogP contribution in [0, 0.1) is 5.82 Å². The van der Waals surface area contributed by atoms with Crippen molar-refractivity contribution >= 4 is 34.0 Å². The Morgan fingerprint density at radius 2 is 1.96 bits per heavy atom. The van der Waals surface area contributed by atoms with E-state index in [9.17, 15) is 9.18 Å². The number of carbonyl (C=O) groups is 1. The first kappa shape index (κ1) is 16.4. The molecule has 3 rings (SSSR count). The van der Waals surface area contributed by atoms with Crippen LogP contribution in [-0.4, -0.2) is 17.5 Å². The average Bonchev–Trinajstić information content (AvgIpc) is 3.03. The fourth-order valence-corrected chi connectivity index (χ4v) is 2.87. The van der Waals surface area contributed by atoms with E-state index >= 15 is 0 Å². The van der Waals surface area contributed by atoms with Crippen LogP contribution in [0.15, 0.2) is 53.9 Å². The molecule has 0 radical (unpaired) electrons. The van der Waals surface area contributed by atoms with Gasteiger partial charge in [-0.05, 0) is 36.4 Å². The van der Waals surface area contributed by atoms with Crippen LogP contribution in [-0.2, 0) is 4.79 Å². The van der Waals surface area contributed by atoms with Crippen LogP contribution in [0.1, 0.15) is 0 Å². The van der Waals surface area contributed by atoms with Crippen molar-refractivity contribution in [2.75, 3.05) is 11.9 Å². The molecule has 1 heterocycles. The lowest BCUT2D eigenvalue weighted by molar-refractivity contribution is -0.118. The van der Waals surface area contributed by atoms with Crippen molar-refractivity contribution < 1.29 is 13.9 Å². The highest BCUT2D eigenvalue weighted by Gasteiger charge is 2.10. The molecule has 0 bridgehead atoms. The highest BCUT2D eigenvalue weighted by atomic mass is 35.5. The molecule has 1 N–H and O–H groups in total. The second-order valence-electron chi connectivity index (χ2n) is 4.81. The monoisotopic (exact) mass is 362 g/mol. The van der Waals surface area contributed by atoms with E-state index in [1.807, 2.05) is 0 Å². The van der Waals surface area contributed by atoms with Gasteiger partial charge in [0.1, 0.15) is 11.6 Å². The van der Waals surface area contributed by atoms with Gasteiger partial charge < -0.3 is 4.74 Å². The minimum atomic E-state index is -0.338. The second kappa shape index (κ2) is 7.42. The molecule has 7 heteroatoms. The Hall–Kier alpha value is -2.44. The number of amides is 1. The van der Waals surface area contributed by atoms with Gasteiger partial charge >= 0.3 is 0 Å². The minimum Gasteiger partial charge on any atom is -0.482 e. The van der Waals surface area contributed by atoms with Gasteiger partial charge in [-0.15, -0.1) is 11.3 Å². The lowest BCUT2D eigenvalue weighted by Crippen LogP contribution is -2.20. The number of ether oxygens (including phenoxy) is 1. The maximum Gasteiger partial charge on any atom is 0.264 e. The van der Waals surface area contributed by atoms with Crippen molar-refractivity contribution in [3.63, 3.8) is 0 Å². The number of nitrogens with one attached hydrogen (secondary N) is 1. The summed E-state index contributed by atoms with van der Waals surface area (Å²) in [5.41, 5.74) is 1.45. The number of hydrogen-bond acceptors (Lipinski definition) is 4. The van der Waals surface area contributed by atoms with Crippen LogP contribution >= 0.6 is 22.9 Å². The predicted molar refractivity (Wildman–Crippen MR) is 93.1 cm³/mol. The van der Waals surface area contributed by atoms with E-state index in [4.69, 9.17) is 16.3 Å². The Kier molecular flexibility index (Phi) is 5.08. The highest BCUT2D eigenvalue weighted by Crippen LogP contribution is 2.25. The zero-order valence-electron chi connectivity index (χ0n) is 12.3. The number of benzene rings is 2. The largest absolute Gasteiger partial charge is 0.482 e. The normalized spacial score (nSPS) is 10.4. The topological polar surface area (TPSA) is 51.2 Å². The minimum absolute atomic E-state index is 0.171. The Morgan fingerprint density at radius 1 is 1.21 bits per heavy atom. The molecule has 0 spiro atoms. The molecule has 2 aromatic carbocycles. The number of thiazole rings is 1. The van der Waals surface area contributed by atoms with E-state index in [0.29, 0.717) is 21.6 Å². The smallest absolute Gasteiger partial charge is 0.264 e. The standard InChI is InChI=1S/C17H12ClFN2O2S/c18-13-3-1-2-4-15(13)23-9-16(22)21-17-20-14(10-24-17)11-5-7-12(19)8-6-11/h1-8,10H,9H2,(H,20,21,22). The van der Waals surface area contributed by atoms with Gasteiger partial charge in [-0.2, -0.15) is 0 Å². The summed E-state index contributed by atoms with van der Waals surface area (Å²) in [4.78, 5) is 16.2. The number of hydrogen-bond donors (Lipinski definition) is 1. The molecular formula is C17H12ClFN2O2S. The lowest BCUT2D eigenvalue weighted by atomic mass is 10.2. The summed E-state index contributed by atoms with van der Waals surface area (Å²) in [5, 5.41) is 5.34. The third-order valence-electron chi connectivity index (χ3n) is 3.09. The number of para-hydroxylation sites is 1. The first-order valence-corrected chi connectivity index (χ1v) is 8.26. The van der Waals surface area contributed by atoms with Gasteiger partial charge in [0.15, 0.2) is 11.7 Å². The quantitative estimate of drug-likeness (QED) is 0.720. The zero-order chi connectivity index (χ0) is 16.9. The summed E-state index contributed by atoms with van der Waals surface area (Å²) >= 11 is 7.24. The molecule has 24 heavy (non-hydrogen) atoms. The molecule has 122 valence electrons.